The maximum Gasteiger partial charge on any atom is 0.144 e. The summed E-state index contributed by atoms with van der Waals surface area (Å²) in [6, 6.07) is 9.94. The van der Waals surface area contributed by atoms with E-state index in [-0.39, 0.29) is 12.6 Å². The zero-order valence-electron chi connectivity index (χ0n) is 13.3. The number of fused-ring (bicyclic) bond motifs is 1. The summed E-state index contributed by atoms with van der Waals surface area (Å²) in [6.45, 7) is 4.17. The third-order valence-corrected chi connectivity index (χ3v) is 3.90. The van der Waals surface area contributed by atoms with Gasteiger partial charge in [0.15, 0.2) is 0 Å². The molecule has 23 heavy (non-hydrogen) atoms. The molecule has 118 valence electrons. The van der Waals surface area contributed by atoms with Gasteiger partial charge >= 0.3 is 0 Å². The fourth-order valence-corrected chi connectivity index (χ4v) is 2.47. The Bertz CT molecular complexity index is 781. The first-order valence-electron chi connectivity index (χ1n) is 7.72. The first-order valence-corrected chi connectivity index (χ1v) is 7.72. The van der Waals surface area contributed by atoms with Gasteiger partial charge in [-0.05, 0) is 12.0 Å². The Morgan fingerprint density at radius 2 is 1.87 bits per heavy atom. The van der Waals surface area contributed by atoms with Crippen LogP contribution in [0.25, 0.3) is 22.2 Å². The predicted molar refractivity (Wildman–Crippen MR) is 92.1 cm³/mol. The van der Waals surface area contributed by atoms with Crippen LogP contribution < -0.4 is 5.32 Å². The quantitative estimate of drug-likeness (QED) is 0.758. The fraction of sp³-hybridized carbons (Fsp3) is 0.278. The molecule has 0 saturated heterocycles. The van der Waals surface area contributed by atoms with Gasteiger partial charge in [0.25, 0.3) is 0 Å². The largest absolute Gasteiger partial charge is 0.394 e. The number of nitrogens with zero attached hydrogens (tertiary/aromatic N) is 3. The molecule has 3 aromatic rings. The van der Waals surface area contributed by atoms with Gasteiger partial charge in [-0.2, -0.15) is 0 Å². The standard InChI is InChI=1S/C18H20N4O/c1-12(2)16(11-23)22-17-10-20-15(9-21-17)14-7-3-5-13-6-4-8-19-18(13)14/h3-10,12,16,23H,11H2,1-2H3,(H,21,22)/t16-/m0/s1. The summed E-state index contributed by atoms with van der Waals surface area (Å²) < 4.78 is 0. The number of anilines is 1. The van der Waals surface area contributed by atoms with E-state index in [0.29, 0.717) is 11.7 Å². The van der Waals surface area contributed by atoms with Crippen molar-refractivity contribution in [2.75, 3.05) is 11.9 Å². The zero-order valence-corrected chi connectivity index (χ0v) is 13.3. The second-order valence-corrected chi connectivity index (χ2v) is 5.84. The Balaban J connectivity index is 1.90. The van der Waals surface area contributed by atoms with Gasteiger partial charge < -0.3 is 10.4 Å². The molecule has 2 N–H and O–H groups in total. The number of para-hydroxylation sites is 1. The molecule has 2 aromatic heterocycles. The maximum absolute atomic E-state index is 9.39. The molecular weight excluding hydrogens is 288 g/mol. The van der Waals surface area contributed by atoms with Crippen LogP contribution in [0.4, 0.5) is 5.82 Å². The number of pyridine rings is 1. The maximum atomic E-state index is 9.39. The zero-order chi connectivity index (χ0) is 16.2. The minimum Gasteiger partial charge on any atom is -0.394 e. The highest BCUT2D eigenvalue weighted by molar-refractivity contribution is 5.92. The van der Waals surface area contributed by atoms with Crippen molar-refractivity contribution in [1.82, 2.24) is 15.0 Å². The number of hydrogen-bond donors (Lipinski definition) is 2. The average Bonchev–Trinajstić information content (AvgIpc) is 2.59. The van der Waals surface area contributed by atoms with Gasteiger partial charge in [0.05, 0.1) is 36.3 Å². The lowest BCUT2D eigenvalue weighted by Crippen LogP contribution is -2.29. The van der Waals surface area contributed by atoms with Crippen LogP contribution in [0.1, 0.15) is 13.8 Å². The molecule has 5 heteroatoms. The molecule has 0 aliphatic rings. The summed E-state index contributed by atoms with van der Waals surface area (Å²) in [5, 5.41) is 13.7. The van der Waals surface area contributed by atoms with E-state index < -0.39 is 0 Å². The Hall–Kier alpha value is -2.53. The molecule has 2 heterocycles. The minimum atomic E-state index is -0.0330. The van der Waals surface area contributed by atoms with Gasteiger partial charge in [-0.25, -0.2) is 4.98 Å². The topological polar surface area (TPSA) is 70.9 Å². The summed E-state index contributed by atoms with van der Waals surface area (Å²) in [5.74, 6) is 0.971. The monoisotopic (exact) mass is 308 g/mol. The van der Waals surface area contributed by atoms with Crippen molar-refractivity contribution < 1.29 is 5.11 Å². The third kappa shape index (κ3) is 3.29. The predicted octanol–water partition coefficient (Wildman–Crippen LogP) is 3.12. The number of aromatic nitrogens is 3. The van der Waals surface area contributed by atoms with Crippen LogP contribution in [0, 0.1) is 5.92 Å². The van der Waals surface area contributed by atoms with E-state index in [1.165, 1.54) is 0 Å². The van der Waals surface area contributed by atoms with E-state index in [4.69, 9.17) is 0 Å². The van der Waals surface area contributed by atoms with Gasteiger partial charge in [0, 0.05) is 17.1 Å². The van der Waals surface area contributed by atoms with Crippen LogP contribution in [0.3, 0.4) is 0 Å². The van der Waals surface area contributed by atoms with E-state index in [2.05, 4.69) is 34.1 Å². The smallest absolute Gasteiger partial charge is 0.144 e. The van der Waals surface area contributed by atoms with Crippen molar-refractivity contribution in [1.29, 1.82) is 0 Å². The fourth-order valence-electron chi connectivity index (χ4n) is 2.47. The summed E-state index contributed by atoms with van der Waals surface area (Å²) >= 11 is 0. The highest BCUT2D eigenvalue weighted by atomic mass is 16.3. The minimum absolute atomic E-state index is 0.0330. The lowest BCUT2D eigenvalue weighted by Gasteiger charge is -2.20. The molecule has 0 unspecified atom stereocenters. The lowest BCUT2D eigenvalue weighted by atomic mass is 10.1. The van der Waals surface area contributed by atoms with Gasteiger partial charge in [-0.15, -0.1) is 0 Å². The van der Waals surface area contributed by atoms with Crippen molar-refractivity contribution in [2.24, 2.45) is 5.92 Å². The third-order valence-electron chi connectivity index (χ3n) is 3.90. The molecule has 0 aliphatic heterocycles. The number of aliphatic hydroxyl groups excluding tert-OH is 1. The Morgan fingerprint density at radius 3 is 2.57 bits per heavy atom. The Kier molecular flexibility index (Phi) is 4.48. The van der Waals surface area contributed by atoms with Gasteiger partial charge in [0.2, 0.25) is 0 Å². The molecule has 0 aliphatic carbocycles. The molecule has 5 nitrogen and oxygen atoms in total. The summed E-state index contributed by atoms with van der Waals surface area (Å²) in [4.78, 5) is 13.4. The van der Waals surface area contributed by atoms with E-state index in [1.807, 2.05) is 30.3 Å². The normalized spacial score (nSPS) is 12.5. The Labute approximate surface area is 135 Å². The van der Waals surface area contributed by atoms with Crippen molar-refractivity contribution in [2.45, 2.75) is 19.9 Å². The molecule has 0 spiro atoms. The van der Waals surface area contributed by atoms with Gasteiger partial charge in [-0.3, -0.25) is 9.97 Å². The molecule has 1 aromatic carbocycles. The Morgan fingerprint density at radius 1 is 1.04 bits per heavy atom. The molecule has 1 atom stereocenters. The van der Waals surface area contributed by atoms with Crippen molar-refractivity contribution in [3.05, 3.63) is 48.9 Å². The molecular formula is C18H20N4O. The number of rotatable bonds is 5. The van der Waals surface area contributed by atoms with Crippen LogP contribution in [-0.2, 0) is 0 Å². The van der Waals surface area contributed by atoms with Crippen LogP contribution in [0.2, 0.25) is 0 Å². The number of hydrogen-bond acceptors (Lipinski definition) is 5. The molecule has 0 radical (unpaired) electrons. The van der Waals surface area contributed by atoms with Crippen LogP contribution in [0.5, 0.6) is 0 Å². The second kappa shape index (κ2) is 6.71. The van der Waals surface area contributed by atoms with Crippen LogP contribution in [0.15, 0.2) is 48.9 Å². The molecule has 0 bridgehead atoms. The van der Waals surface area contributed by atoms with Crippen LogP contribution >= 0.6 is 0 Å². The summed E-state index contributed by atoms with van der Waals surface area (Å²) in [7, 11) is 0. The number of aliphatic hydroxyl groups is 1. The highest BCUT2D eigenvalue weighted by Crippen LogP contribution is 2.25. The first-order chi connectivity index (χ1) is 11.2. The highest BCUT2D eigenvalue weighted by Gasteiger charge is 2.13. The van der Waals surface area contributed by atoms with Crippen LogP contribution in [-0.4, -0.2) is 32.7 Å². The second-order valence-electron chi connectivity index (χ2n) is 5.84. The van der Waals surface area contributed by atoms with Crippen molar-refractivity contribution in [3.63, 3.8) is 0 Å². The van der Waals surface area contributed by atoms with E-state index >= 15 is 0 Å². The van der Waals surface area contributed by atoms with Gasteiger partial charge in [0.1, 0.15) is 5.82 Å². The van der Waals surface area contributed by atoms with Crippen molar-refractivity contribution in [3.8, 4) is 11.3 Å². The SMILES string of the molecule is CC(C)[C@H](CO)Nc1cnc(-c2cccc3cccnc23)cn1. The molecule has 0 amide bonds. The van der Waals surface area contributed by atoms with E-state index in [0.717, 1.165) is 22.2 Å². The molecule has 0 saturated carbocycles. The average molecular weight is 308 g/mol. The van der Waals surface area contributed by atoms with E-state index in [9.17, 15) is 5.11 Å². The number of benzene rings is 1. The summed E-state index contributed by atoms with van der Waals surface area (Å²) in [5.41, 5.74) is 2.66. The summed E-state index contributed by atoms with van der Waals surface area (Å²) in [6.07, 6.45) is 5.21. The molecule has 0 fully saturated rings. The van der Waals surface area contributed by atoms with E-state index in [1.54, 1.807) is 18.6 Å². The first kappa shape index (κ1) is 15.4. The lowest BCUT2D eigenvalue weighted by molar-refractivity contribution is 0.249. The van der Waals surface area contributed by atoms with Crippen molar-refractivity contribution >= 4 is 16.7 Å². The number of nitrogens with one attached hydrogen (secondary N) is 1. The molecule has 3 rings (SSSR count). The van der Waals surface area contributed by atoms with Gasteiger partial charge in [-0.1, -0.05) is 38.1 Å².